The maximum absolute atomic E-state index is 9.54. The Balaban J connectivity index is 0.00000169. The summed E-state index contributed by atoms with van der Waals surface area (Å²) in [6, 6.07) is 0. The molecule has 14 heavy (non-hydrogen) atoms. The minimum Gasteiger partial charge on any atom is -0.505 e. The van der Waals surface area contributed by atoms with Crippen LogP contribution in [0.15, 0.2) is 11.4 Å². The summed E-state index contributed by atoms with van der Waals surface area (Å²) < 4.78 is 0. The number of hydrogen-bond acceptors (Lipinski definition) is 5. The fourth-order valence-corrected chi connectivity index (χ4v) is 1.23. The van der Waals surface area contributed by atoms with E-state index in [4.69, 9.17) is 5.21 Å². The van der Waals surface area contributed by atoms with Gasteiger partial charge in [0.1, 0.15) is 5.75 Å². The van der Waals surface area contributed by atoms with E-state index in [-0.39, 0.29) is 18.2 Å². The molecule has 0 unspecified atom stereocenters. The first-order valence-corrected chi connectivity index (χ1v) is 4.29. The fraction of sp³-hybridized carbons (Fsp3) is 0.250. The van der Waals surface area contributed by atoms with E-state index in [1.807, 2.05) is 0 Å². The lowest BCUT2D eigenvalue weighted by atomic mass is 10.1. The quantitative estimate of drug-likeness (QED) is 0.316. The van der Waals surface area contributed by atoms with E-state index in [1.165, 1.54) is 6.21 Å². The van der Waals surface area contributed by atoms with Gasteiger partial charge in [0.15, 0.2) is 0 Å². The van der Waals surface area contributed by atoms with Crippen molar-refractivity contribution < 1.29 is 10.3 Å². The van der Waals surface area contributed by atoms with E-state index in [0.29, 0.717) is 17.0 Å². The van der Waals surface area contributed by atoms with Crippen molar-refractivity contribution in [2.45, 2.75) is 12.7 Å². The lowest BCUT2D eigenvalue weighted by molar-refractivity contribution is 0.321. The zero-order valence-corrected chi connectivity index (χ0v) is 9.22. The number of pyridine rings is 1. The number of thiol groups is 1. The van der Waals surface area contributed by atoms with Crippen molar-refractivity contribution in [2.24, 2.45) is 5.16 Å². The molecule has 0 atom stereocenters. The molecular weight excluding hydrogens is 224 g/mol. The molecule has 1 aromatic rings. The highest BCUT2D eigenvalue weighted by molar-refractivity contribution is 7.79. The molecule has 0 saturated carbocycles. The van der Waals surface area contributed by atoms with Crippen molar-refractivity contribution in [3.05, 3.63) is 23.0 Å². The highest BCUT2D eigenvalue weighted by Crippen LogP contribution is 2.22. The second kappa shape index (κ2) is 5.72. The molecule has 0 aromatic carbocycles. The number of halogens is 1. The van der Waals surface area contributed by atoms with Gasteiger partial charge >= 0.3 is 0 Å². The van der Waals surface area contributed by atoms with Crippen LogP contribution in [0.2, 0.25) is 0 Å². The minimum absolute atomic E-state index is 0. The summed E-state index contributed by atoms with van der Waals surface area (Å²) >= 11 is 4.06. The molecule has 6 heteroatoms. The van der Waals surface area contributed by atoms with E-state index >= 15 is 0 Å². The summed E-state index contributed by atoms with van der Waals surface area (Å²) in [5.74, 6) is 0.465. The Morgan fingerprint density at radius 1 is 1.64 bits per heavy atom. The maximum Gasteiger partial charge on any atom is 0.145 e. The van der Waals surface area contributed by atoms with Crippen LogP contribution in [0.4, 0.5) is 0 Å². The van der Waals surface area contributed by atoms with Gasteiger partial charge in [-0.1, -0.05) is 5.16 Å². The largest absolute Gasteiger partial charge is 0.505 e. The third kappa shape index (κ3) is 2.52. The van der Waals surface area contributed by atoms with Crippen LogP contribution < -0.4 is 0 Å². The number of nitrogens with zero attached hydrogens (tertiary/aromatic N) is 2. The Hall–Kier alpha value is -0.940. The molecule has 0 amide bonds. The monoisotopic (exact) mass is 234 g/mol. The number of aryl methyl sites for hydroxylation is 1. The SMILES string of the molecule is Cc1ncc(CS)c(C=NO)c1O.Cl. The minimum atomic E-state index is 0. The summed E-state index contributed by atoms with van der Waals surface area (Å²) in [5.41, 5.74) is 1.69. The number of oxime groups is 1. The molecule has 0 radical (unpaired) electrons. The summed E-state index contributed by atoms with van der Waals surface area (Å²) in [4.78, 5) is 3.95. The smallest absolute Gasteiger partial charge is 0.145 e. The first-order chi connectivity index (χ1) is 6.20. The molecule has 0 aliphatic carbocycles. The van der Waals surface area contributed by atoms with E-state index < -0.39 is 0 Å². The third-order valence-electron chi connectivity index (χ3n) is 1.71. The molecule has 0 bridgehead atoms. The van der Waals surface area contributed by atoms with Crippen LogP contribution in [0.1, 0.15) is 16.8 Å². The zero-order chi connectivity index (χ0) is 9.84. The summed E-state index contributed by atoms with van der Waals surface area (Å²) in [5, 5.41) is 20.8. The van der Waals surface area contributed by atoms with E-state index in [0.717, 1.165) is 5.56 Å². The van der Waals surface area contributed by atoms with Gasteiger partial charge in [0, 0.05) is 17.5 Å². The normalized spacial score (nSPS) is 10.1. The van der Waals surface area contributed by atoms with Crippen molar-refractivity contribution in [3.8, 4) is 5.75 Å². The molecule has 2 N–H and O–H groups in total. The van der Waals surface area contributed by atoms with Crippen molar-refractivity contribution >= 4 is 31.3 Å². The molecule has 1 rings (SSSR count). The zero-order valence-electron chi connectivity index (χ0n) is 7.51. The van der Waals surface area contributed by atoms with Crippen LogP contribution in [0.25, 0.3) is 0 Å². The molecule has 0 fully saturated rings. The lowest BCUT2D eigenvalue weighted by Crippen LogP contribution is -1.95. The van der Waals surface area contributed by atoms with E-state index in [1.54, 1.807) is 13.1 Å². The first kappa shape index (κ1) is 13.1. The van der Waals surface area contributed by atoms with Crippen LogP contribution in [0.5, 0.6) is 5.75 Å². The highest BCUT2D eigenvalue weighted by Gasteiger charge is 2.08. The van der Waals surface area contributed by atoms with E-state index in [9.17, 15) is 5.11 Å². The maximum atomic E-state index is 9.54. The molecule has 0 aliphatic rings. The summed E-state index contributed by atoms with van der Waals surface area (Å²) in [6.45, 7) is 1.67. The van der Waals surface area contributed by atoms with Gasteiger partial charge in [-0.3, -0.25) is 4.98 Å². The highest BCUT2D eigenvalue weighted by atomic mass is 35.5. The van der Waals surface area contributed by atoms with Crippen LogP contribution in [-0.2, 0) is 5.75 Å². The number of rotatable bonds is 2. The molecule has 78 valence electrons. The van der Waals surface area contributed by atoms with Crippen molar-refractivity contribution in [2.75, 3.05) is 0 Å². The number of aromatic hydroxyl groups is 1. The fourth-order valence-electron chi connectivity index (χ4n) is 0.980. The Morgan fingerprint density at radius 3 is 2.79 bits per heavy atom. The van der Waals surface area contributed by atoms with Gasteiger partial charge in [-0.05, 0) is 12.5 Å². The summed E-state index contributed by atoms with van der Waals surface area (Å²) in [7, 11) is 0. The standard InChI is InChI=1S/C8H10N2O2S.ClH/c1-5-8(11)7(3-10-12)6(4-13)2-9-5;/h2-3,11-13H,4H2,1H3;1H. The Bertz CT molecular complexity index is 344. The third-order valence-corrected chi connectivity index (χ3v) is 2.06. The van der Waals surface area contributed by atoms with Gasteiger partial charge in [0.25, 0.3) is 0 Å². The predicted octanol–water partition coefficient (Wildman–Crippen LogP) is 1.76. The van der Waals surface area contributed by atoms with Gasteiger partial charge in [-0.15, -0.1) is 12.4 Å². The lowest BCUT2D eigenvalue weighted by Gasteiger charge is -2.05. The van der Waals surface area contributed by atoms with Crippen molar-refractivity contribution in [3.63, 3.8) is 0 Å². The van der Waals surface area contributed by atoms with Crippen molar-refractivity contribution in [1.29, 1.82) is 0 Å². The molecule has 1 aromatic heterocycles. The topological polar surface area (TPSA) is 65.7 Å². The molecule has 0 aliphatic heterocycles. The van der Waals surface area contributed by atoms with Gasteiger partial charge in [0.2, 0.25) is 0 Å². The molecule has 0 saturated heterocycles. The van der Waals surface area contributed by atoms with E-state index in [2.05, 4.69) is 22.8 Å². The van der Waals surface area contributed by atoms with Gasteiger partial charge in [0.05, 0.1) is 11.9 Å². The van der Waals surface area contributed by atoms with Gasteiger partial charge in [-0.2, -0.15) is 12.6 Å². The number of hydrogen-bond donors (Lipinski definition) is 3. The molecule has 0 spiro atoms. The molecule has 1 heterocycles. The summed E-state index contributed by atoms with van der Waals surface area (Å²) in [6.07, 6.45) is 2.77. The Morgan fingerprint density at radius 2 is 2.29 bits per heavy atom. The first-order valence-electron chi connectivity index (χ1n) is 3.66. The molecular formula is C8H11ClN2O2S. The van der Waals surface area contributed by atoms with Crippen LogP contribution >= 0.6 is 25.0 Å². The van der Waals surface area contributed by atoms with Gasteiger partial charge in [-0.25, -0.2) is 0 Å². The second-order valence-electron chi connectivity index (χ2n) is 2.53. The molecule has 4 nitrogen and oxygen atoms in total. The van der Waals surface area contributed by atoms with Gasteiger partial charge < -0.3 is 10.3 Å². The van der Waals surface area contributed by atoms with Crippen molar-refractivity contribution in [1.82, 2.24) is 4.98 Å². The second-order valence-corrected chi connectivity index (χ2v) is 2.85. The number of aromatic nitrogens is 1. The average molecular weight is 235 g/mol. The van der Waals surface area contributed by atoms with Crippen LogP contribution in [0, 0.1) is 6.92 Å². The predicted molar refractivity (Wildman–Crippen MR) is 60.0 cm³/mol. The Labute approximate surface area is 93.5 Å². The van der Waals surface area contributed by atoms with Crippen LogP contribution in [0.3, 0.4) is 0 Å². The van der Waals surface area contributed by atoms with Crippen LogP contribution in [-0.4, -0.2) is 21.5 Å². The Kier molecular flexibility index (Phi) is 5.34. The average Bonchev–Trinajstić information content (AvgIpc) is 2.14.